The minimum Gasteiger partial charge on any atom is -0.330 e. The van der Waals surface area contributed by atoms with Crippen molar-refractivity contribution in [1.29, 1.82) is 0 Å². The molecule has 1 fully saturated rings. The van der Waals surface area contributed by atoms with Crippen LogP contribution in [0.5, 0.6) is 0 Å². The fourth-order valence-electron chi connectivity index (χ4n) is 2.70. The Labute approximate surface area is 123 Å². The van der Waals surface area contributed by atoms with Crippen molar-refractivity contribution in [3.05, 3.63) is 33.6 Å². The highest BCUT2D eigenvalue weighted by Crippen LogP contribution is 2.30. The van der Waals surface area contributed by atoms with E-state index in [-0.39, 0.29) is 5.02 Å². The van der Waals surface area contributed by atoms with Gasteiger partial charge in [0.1, 0.15) is 5.82 Å². The molecule has 0 aliphatic carbocycles. The van der Waals surface area contributed by atoms with Gasteiger partial charge in [0.05, 0.1) is 10.0 Å². The van der Waals surface area contributed by atoms with Crippen molar-refractivity contribution in [3.63, 3.8) is 0 Å². The number of halogens is 3. The summed E-state index contributed by atoms with van der Waals surface area (Å²) in [6.07, 6.45) is 3.48. The molecule has 1 heterocycles. The van der Waals surface area contributed by atoms with Crippen molar-refractivity contribution in [3.8, 4) is 0 Å². The van der Waals surface area contributed by atoms with E-state index in [0.29, 0.717) is 10.9 Å². The van der Waals surface area contributed by atoms with Gasteiger partial charge in [0, 0.05) is 13.1 Å². The van der Waals surface area contributed by atoms with Gasteiger partial charge in [-0.15, -0.1) is 0 Å². The van der Waals surface area contributed by atoms with Crippen molar-refractivity contribution in [2.45, 2.75) is 25.8 Å². The van der Waals surface area contributed by atoms with E-state index in [2.05, 4.69) is 4.90 Å². The molecular formula is C14H19Cl2FN2. The van der Waals surface area contributed by atoms with Crippen molar-refractivity contribution >= 4 is 23.2 Å². The zero-order valence-corrected chi connectivity index (χ0v) is 12.4. The van der Waals surface area contributed by atoms with Gasteiger partial charge in [0.2, 0.25) is 0 Å². The number of likely N-dealkylation sites (tertiary alicyclic amines) is 1. The molecule has 1 aromatic carbocycles. The largest absolute Gasteiger partial charge is 0.330 e. The van der Waals surface area contributed by atoms with Crippen LogP contribution >= 0.6 is 23.2 Å². The van der Waals surface area contributed by atoms with Crippen LogP contribution in [0.4, 0.5) is 4.39 Å². The SMILES string of the molecule is NCCC1CCCN(Cc2ccc(F)c(Cl)c2Cl)C1. The van der Waals surface area contributed by atoms with Gasteiger partial charge in [-0.25, -0.2) is 4.39 Å². The minimum absolute atomic E-state index is 0.0229. The molecule has 2 rings (SSSR count). The molecule has 2 N–H and O–H groups in total. The normalized spacial score (nSPS) is 20.7. The molecule has 0 spiro atoms. The Morgan fingerprint density at radius 3 is 2.84 bits per heavy atom. The van der Waals surface area contributed by atoms with Crippen LogP contribution in [0.15, 0.2) is 12.1 Å². The summed E-state index contributed by atoms with van der Waals surface area (Å²) in [7, 11) is 0. The Kier molecular flexibility index (Phi) is 5.46. The summed E-state index contributed by atoms with van der Waals surface area (Å²) in [5.74, 6) is 0.198. The van der Waals surface area contributed by atoms with Crippen LogP contribution in [-0.2, 0) is 6.54 Å². The second-order valence-corrected chi connectivity index (χ2v) is 5.91. The molecule has 1 aliphatic heterocycles. The summed E-state index contributed by atoms with van der Waals surface area (Å²) < 4.78 is 13.3. The van der Waals surface area contributed by atoms with E-state index < -0.39 is 5.82 Å². The first-order valence-electron chi connectivity index (χ1n) is 6.66. The van der Waals surface area contributed by atoms with E-state index in [1.54, 1.807) is 6.07 Å². The van der Waals surface area contributed by atoms with E-state index in [1.807, 2.05) is 0 Å². The molecule has 0 radical (unpaired) electrons. The van der Waals surface area contributed by atoms with Gasteiger partial charge in [0.15, 0.2) is 0 Å². The number of hydrogen-bond donors (Lipinski definition) is 1. The third-order valence-corrected chi connectivity index (χ3v) is 4.59. The van der Waals surface area contributed by atoms with Gasteiger partial charge in [-0.1, -0.05) is 29.3 Å². The summed E-state index contributed by atoms with van der Waals surface area (Å²) in [6, 6.07) is 3.10. The molecule has 1 atom stereocenters. The highest BCUT2D eigenvalue weighted by atomic mass is 35.5. The van der Waals surface area contributed by atoms with Crippen molar-refractivity contribution in [2.75, 3.05) is 19.6 Å². The number of nitrogens with two attached hydrogens (primary N) is 1. The smallest absolute Gasteiger partial charge is 0.143 e. The van der Waals surface area contributed by atoms with Gasteiger partial charge < -0.3 is 5.73 Å². The lowest BCUT2D eigenvalue weighted by Crippen LogP contribution is -2.35. The minimum atomic E-state index is -0.463. The number of benzene rings is 1. The Hall–Kier alpha value is -0.350. The number of piperidine rings is 1. The zero-order valence-electron chi connectivity index (χ0n) is 10.8. The Balaban J connectivity index is 2.03. The van der Waals surface area contributed by atoms with Crippen LogP contribution in [-0.4, -0.2) is 24.5 Å². The third kappa shape index (κ3) is 3.82. The molecular weight excluding hydrogens is 286 g/mol. The lowest BCUT2D eigenvalue weighted by molar-refractivity contribution is 0.163. The average Bonchev–Trinajstić information content (AvgIpc) is 2.40. The standard InChI is InChI=1S/C14H19Cl2FN2/c15-13-11(3-4-12(17)14(13)16)9-19-7-1-2-10(8-19)5-6-18/h3-4,10H,1-2,5-9,18H2. The maximum atomic E-state index is 13.3. The average molecular weight is 305 g/mol. The van der Waals surface area contributed by atoms with Gasteiger partial charge in [-0.3, -0.25) is 4.90 Å². The number of nitrogens with zero attached hydrogens (tertiary/aromatic N) is 1. The lowest BCUT2D eigenvalue weighted by atomic mass is 9.94. The van der Waals surface area contributed by atoms with Gasteiger partial charge in [-0.05, 0) is 49.9 Å². The molecule has 19 heavy (non-hydrogen) atoms. The maximum Gasteiger partial charge on any atom is 0.143 e. The van der Waals surface area contributed by atoms with E-state index in [1.165, 1.54) is 18.9 Å². The molecule has 0 bridgehead atoms. The van der Waals surface area contributed by atoms with Gasteiger partial charge >= 0.3 is 0 Å². The van der Waals surface area contributed by atoms with E-state index in [4.69, 9.17) is 28.9 Å². The molecule has 1 saturated heterocycles. The van der Waals surface area contributed by atoms with Crippen LogP contribution in [0.2, 0.25) is 10.0 Å². The molecule has 0 saturated carbocycles. The second kappa shape index (κ2) is 6.89. The van der Waals surface area contributed by atoms with E-state index in [0.717, 1.165) is 38.2 Å². The predicted molar refractivity (Wildman–Crippen MR) is 78.1 cm³/mol. The first-order valence-corrected chi connectivity index (χ1v) is 7.42. The van der Waals surface area contributed by atoms with Crippen LogP contribution in [0.1, 0.15) is 24.8 Å². The Morgan fingerprint density at radius 1 is 1.32 bits per heavy atom. The maximum absolute atomic E-state index is 13.3. The predicted octanol–water partition coefficient (Wildman–Crippen LogP) is 3.69. The fourth-order valence-corrected chi connectivity index (χ4v) is 3.09. The number of hydrogen-bond acceptors (Lipinski definition) is 2. The van der Waals surface area contributed by atoms with E-state index in [9.17, 15) is 4.39 Å². The second-order valence-electron chi connectivity index (χ2n) is 5.16. The summed E-state index contributed by atoms with van der Waals surface area (Å²) in [6.45, 7) is 3.54. The Bertz CT molecular complexity index is 438. The summed E-state index contributed by atoms with van der Waals surface area (Å²) in [5, 5.41) is 0.359. The molecule has 5 heteroatoms. The van der Waals surface area contributed by atoms with Crippen LogP contribution in [0.25, 0.3) is 0 Å². The highest BCUT2D eigenvalue weighted by molar-refractivity contribution is 6.42. The first kappa shape index (κ1) is 15.0. The van der Waals surface area contributed by atoms with Crippen LogP contribution in [0.3, 0.4) is 0 Å². The number of rotatable bonds is 4. The summed E-state index contributed by atoms with van der Waals surface area (Å²) in [5.41, 5.74) is 6.51. The topological polar surface area (TPSA) is 29.3 Å². The van der Waals surface area contributed by atoms with Crippen molar-refractivity contribution in [1.82, 2.24) is 4.90 Å². The quantitative estimate of drug-likeness (QED) is 0.860. The lowest BCUT2D eigenvalue weighted by Gasteiger charge is -2.32. The zero-order chi connectivity index (χ0) is 13.8. The molecule has 1 aliphatic rings. The monoisotopic (exact) mass is 304 g/mol. The van der Waals surface area contributed by atoms with Gasteiger partial charge in [0.25, 0.3) is 0 Å². The fraction of sp³-hybridized carbons (Fsp3) is 0.571. The summed E-state index contributed by atoms with van der Waals surface area (Å²) in [4.78, 5) is 2.35. The molecule has 106 valence electrons. The highest BCUT2D eigenvalue weighted by Gasteiger charge is 2.20. The molecule has 2 nitrogen and oxygen atoms in total. The van der Waals surface area contributed by atoms with Crippen LogP contribution in [0, 0.1) is 11.7 Å². The summed E-state index contributed by atoms with van der Waals surface area (Å²) >= 11 is 11.9. The Morgan fingerprint density at radius 2 is 2.11 bits per heavy atom. The van der Waals surface area contributed by atoms with Crippen molar-refractivity contribution < 1.29 is 4.39 Å². The molecule has 1 unspecified atom stereocenters. The first-order chi connectivity index (χ1) is 9.11. The van der Waals surface area contributed by atoms with Crippen LogP contribution < -0.4 is 5.73 Å². The third-order valence-electron chi connectivity index (χ3n) is 3.69. The van der Waals surface area contributed by atoms with E-state index >= 15 is 0 Å². The molecule has 1 aromatic rings. The molecule has 0 amide bonds. The molecule has 0 aromatic heterocycles. The van der Waals surface area contributed by atoms with Crippen molar-refractivity contribution in [2.24, 2.45) is 11.7 Å². The van der Waals surface area contributed by atoms with Gasteiger partial charge in [-0.2, -0.15) is 0 Å².